The van der Waals surface area contributed by atoms with E-state index in [1.807, 2.05) is 24.3 Å². The van der Waals surface area contributed by atoms with Gasteiger partial charge in [-0.3, -0.25) is 4.79 Å². The topological polar surface area (TPSA) is 64.4 Å². The van der Waals surface area contributed by atoms with E-state index in [2.05, 4.69) is 5.32 Å². The largest absolute Gasteiger partial charge is 0.399 e. The van der Waals surface area contributed by atoms with E-state index in [1.165, 1.54) is 17.8 Å². The number of hydrogen-bond donors (Lipinski definition) is 2. The molecule has 1 aromatic heterocycles. The van der Waals surface area contributed by atoms with Crippen molar-refractivity contribution in [1.82, 2.24) is 5.32 Å². The first-order chi connectivity index (χ1) is 9.72. The zero-order valence-corrected chi connectivity index (χ0v) is 12.0. The summed E-state index contributed by atoms with van der Waals surface area (Å²) >= 11 is 1.49. The van der Waals surface area contributed by atoms with Crippen LogP contribution in [0.2, 0.25) is 0 Å². The van der Waals surface area contributed by atoms with E-state index in [0.717, 1.165) is 40.1 Å². The quantitative estimate of drug-likeness (QED) is 0.854. The van der Waals surface area contributed by atoms with Gasteiger partial charge in [-0.05, 0) is 48.9 Å². The van der Waals surface area contributed by atoms with Gasteiger partial charge in [0.25, 0.3) is 5.91 Å². The van der Waals surface area contributed by atoms with Crippen molar-refractivity contribution in [3.05, 3.63) is 29.1 Å². The maximum atomic E-state index is 12.2. The van der Waals surface area contributed by atoms with Gasteiger partial charge in [-0.2, -0.15) is 0 Å². The summed E-state index contributed by atoms with van der Waals surface area (Å²) in [6.07, 6.45) is 3.51. The van der Waals surface area contributed by atoms with Crippen LogP contribution in [0.3, 0.4) is 0 Å². The number of fused-ring (bicyclic) bond motifs is 1. The predicted molar refractivity (Wildman–Crippen MR) is 82.2 cm³/mol. The van der Waals surface area contributed by atoms with Gasteiger partial charge >= 0.3 is 0 Å². The van der Waals surface area contributed by atoms with Crippen molar-refractivity contribution in [2.24, 2.45) is 0 Å². The van der Waals surface area contributed by atoms with E-state index in [9.17, 15) is 4.79 Å². The highest BCUT2D eigenvalue weighted by atomic mass is 32.1. The first kappa shape index (κ1) is 13.4. The molecule has 3 N–H and O–H groups in total. The second-order valence-corrected chi connectivity index (χ2v) is 6.19. The molecule has 0 radical (unpaired) electrons. The van der Waals surface area contributed by atoms with Gasteiger partial charge < -0.3 is 15.8 Å². The zero-order valence-electron chi connectivity index (χ0n) is 11.2. The van der Waals surface area contributed by atoms with Gasteiger partial charge in [0, 0.05) is 23.5 Å². The fraction of sp³-hybridized carbons (Fsp3) is 0.400. The molecule has 106 valence electrons. The van der Waals surface area contributed by atoms with Crippen molar-refractivity contribution < 1.29 is 9.53 Å². The maximum absolute atomic E-state index is 12.2. The standard InChI is InChI=1S/C15H18N2O2S/c16-11-4-5-13-10(7-11)8-14(20-13)15(18)17-9-12-3-1-2-6-19-12/h4-5,7-8,12H,1-3,6,9,16H2,(H,17,18). The summed E-state index contributed by atoms with van der Waals surface area (Å²) in [5.41, 5.74) is 6.47. The smallest absolute Gasteiger partial charge is 0.261 e. The summed E-state index contributed by atoms with van der Waals surface area (Å²) < 4.78 is 6.69. The lowest BCUT2D eigenvalue weighted by Gasteiger charge is -2.22. The highest BCUT2D eigenvalue weighted by Crippen LogP contribution is 2.27. The SMILES string of the molecule is Nc1ccc2sc(C(=O)NCC3CCCCO3)cc2c1. The van der Waals surface area contributed by atoms with Crippen LogP contribution < -0.4 is 11.1 Å². The molecule has 2 aromatic rings. The average molecular weight is 290 g/mol. The molecule has 1 amide bonds. The number of thiophene rings is 1. The molecular weight excluding hydrogens is 272 g/mol. The van der Waals surface area contributed by atoms with E-state index in [4.69, 9.17) is 10.5 Å². The van der Waals surface area contributed by atoms with Gasteiger partial charge in [-0.25, -0.2) is 0 Å². The lowest BCUT2D eigenvalue weighted by atomic mass is 10.1. The van der Waals surface area contributed by atoms with Gasteiger partial charge in [-0.15, -0.1) is 11.3 Å². The third-order valence-electron chi connectivity index (χ3n) is 3.53. The summed E-state index contributed by atoms with van der Waals surface area (Å²) in [6, 6.07) is 7.60. The lowest BCUT2D eigenvalue weighted by Crippen LogP contribution is -2.35. The second kappa shape index (κ2) is 5.81. The molecule has 2 heterocycles. The van der Waals surface area contributed by atoms with Gasteiger partial charge in [0.15, 0.2) is 0 Å². The number of nitrogens with one attached hydrogen (secondary N) is 1. The van der Waals surface area contributed by atoms with E-state index in [0.29, 0.717) is 6.54 Å². The highest BCUT2D eigenvalue weighted by molar-refractivity contribution is 7.20. The van der Waals surface area contributed by atoms with Crippen molar-refractivity contribution in [3.63, 3.8) is 0 Å². The first-order valence-corrected chi connectivity index (χ1v) is 7.73. The van der Waals surface area contributed by atoms with Crippen LogP contribution in [-0.2, 0) is 4.74 Å². The molecular formula is C15H18N2O2S. The molecule has 1 fully saturated rings. The Hall–Kier alpha value is -1.59. The van der Waals surface area contributed by atoms with Crippen LogP contribution in [-0.4, -0.2) is 25.2 Å². The van der Waals surface area contributed by atoms with E-state index >= 15 is 0 Å². The minimum atomic E-state index is -0.0288. The Balaban J connectivity index is 1.65. The highest BCUT2D eigenvalue weighted by Gasteiger charge is 2.16. The fourth-order valence-corrected chi connectivity index (χ4v) is 3.40. The predicted octanol–water partition coefficient (Wildman–Crippen LogP) is 2.78. The minimum absolute atomic E-state index is 0.0288. The van der Waals surface area contributed by atoms with Gasteiger partial charge in [-0.1, -0.05) is 0 Å². The van der Waals surface area contributed by atoms with Crippen LogP contribution in [0.15, 0.2) is 24.3 Å². The van der Waals surface area contributed by atoms with E-state index in [-0.39, 0.29) is 12.0 Å². The monoisotopic (exact) mass is 290 g/mol. The first-order valence-electron chi connectivity index (χ1n) is 6.91. The van der Waals surface area contributed by atoms with Crippen LogP contribution >= 0.6 is 11.3 Å². The summed E-state index contributed by atoms with van der Waals surface area (Å²) in [5, 5.41) is 3.98. The third kappa shape index (κ3) is 2.94. The normalized spacial score (nSPS) is 19.1. The molecule has 1 atom stereocenters. The molecule has 0 spiro atoms. The summed E-state index contributed by atoms with van der Waals surface area (Å²) in [6.45, 7) is 1.40. The van der Waals surface area contributed by atoms with Crippen LogP contribution in [0.4, 0.5) is 5.69 Å². The van der Waals surface area contributed by atoms with Crippen molar-refractivity contribution in [1.29, 1.82) is 0 Å². The van der Waals surface area contributed by atoms with Gasteiger partial charge in [0.05, 0.1) is 11.0 Å². The number of anilines is 1. The number of amides is 1. The van der Waals surface area contributed by atoms with Crippen LogP contribution in [0.5, 0.6) is 0 Å². The van der Waals surface area contributed by atoms with Crippen molar-refractivity contribution in [3.8, 4) is 0 Å². The summed E-state index contributed by atoms with van der Waals surface area (Å²) in [5.74, 6) is -0.0288. The number of carbonyl (C=O) groups is 1. The van der Waals surface area contributed by atoms with Crippen molar-refractivity contribution >= 4 is 33.0 Å². The summed E-state index contributed by atoms with van der Waals surface area (Å²) in [4.78, 5) is 12.9. The molecule has 1 aromatic carbocycles. The molecule has 3 rings (SSSR count). The van der Waals surface area contributed by atoms with Crippen LogP contribution in [0.25, 0.3) is 10.1 Å². The van der Waals surface area contributed by atoms with E-state index in [1.54, 1.807) is 0 Å². The number of ether oxygens (including phenoxy) is 1. The number of nitrogen functional groups attached to an aromatic ring is 1. The Labute approximate surface area is 121 Å². The average Bonchev–Trinajstić information content (AvgIpc) is 2.89. The number of hydrogen-bond acceptors (Lipinski definition) is 4. The summed E-state index contributed by atoms with van der Waals surface area (Å²) in [7, 11) is 0. The number of carbonyl (C=O) groups excluding carboxylic acids is 1. The maximum Gasteiger partial charge on any atom is 0.261 e. The molecule has 4 nitrogen and oxygen atoms in total. The zero-order chi connectivity index (χ0) is 13.9. The lowest BCUT2D eigenvalue weighted by molar-refractivity contribution is 0.0169. The third-order valence-corrected chi connectivity index (χ3v) is 4.64. The number of nitrogens with two attached hydrogens (primary N) is 1. The minimum Gasteiger partial charge on any atom is -0.399 e. The fourth-order valence-electron chi connectivity index (χ4n) is 2.44. The Kier molecular flexibility index (Phi) is 3.89. The van der Waals surface area contributed by atoms with Crippen molar-refractivity contribution in [2.45, 2.75) is 25.4 Å². The Morgan fingerprint density at radius 2 is 2.30 bits per heavy atom. The molecule has 1 saturated heterocycles. The van der Waals surface area contributed by atoms with E-state index < -0.39 is 0 Å². The Morgan fingerprint density at radius 3 is 3.10 bits per heavy atom. The number of rotatable bonds is 3. The Morgan fingerprint density at radius 1 is 1.40 bits per heavy atom. The molecule has 0 aliphatic carbocycles. The molecule has 20 heavy (non-hydrogen) atoms. The molecule has 1 aliphatic rings. The molecule has 0 bridgehead atoms. The number of benzene rings is 1. The Bertz CT molecular complexity index is 617. The van der Waals surface area contributed by atoms with Gasteiger partial charge in [0.2, 0.25) is 0 Å². The second-order valence-electron chi connectivity index (χ2n) is 5.11. The molecule has 5 heteroatoms. The van der Waals surface area contributed by atoms with Crippen LogP contribution in [0, 0.1) is 0 Å². The molecule has 0 saturated carbocycles. The van der Waals surface area contributed by atoms with Crippen LogP contribution in [0.1, 0.15) is 28.9 Å². The van der Waals surface area contributed by atoms with Gasteiger partial charge in [0.1, 0.15) is 0 Å². The molecule has 1 unspecified atom stereocenters. The molecule has 1 aliphatic heterocycles. The van der Waals surface area contributed by atoms with Crippen molar-refractivity contribution in [2.75, 3.05) is 18.9 Å².